The van der Waals surface area contributed by atoms with Gasteiger partial charge in [0.05, 0.1) is 26.4 Å². The maximum absolute atomic E-state index is 5.72. The molecule has 0 saturated carbocycles. The molecule has 0 bridgehead atoms. The monoisotopic (exact) mass is 420 g/mol. The van der Waals surface area contributed by atoms with E-state index in [0.717, 1.165) is 32.4 Å². The summed E-state index contributed by atoms with van der Waals surface area (Å²) in [5, 5.41) is 0. The lowest BCUT2D eigenvalue weighted by molar-refractivity contribution is 0.287. The van der Waals surface area contributed by atoms with E-state index in [4.69, 9.17) is 44.2 Å². The molecule has 0 aliphatic carbocycles. The minimum atomic E-state index is 0.555. The van der Waals surface area contributed by atoms with Crippen molar-refractivity contribution in [2.24, 2.45) is 0 Å². The standard InChI is InChI=1S/C22H28O4S2/c1-5-23-17-11-9-15(13-19(17)25-7-3)21(27)22(28)16-10-12-18(24-6-2)20(14-16)26-8-4/h9-14,27-28H,5-8H2,1-4H3/b22-21+. The Labute approximate surface area is 178 Å². The first-order valence-electron chi connectivity index (χ1n) is 9.47. The molecule has 2 aromatic rings. The largest absolute Gasteiger partial charge is 0.490 e. The van der Waals surface area contributed by atoms with Crippen molar-refractivity contribution in [1.29, 1.82) is 0 Å². The Bertz CT molecular complexity index is 751. The van der Waals surface area contributed by atoms with Gasteiger partial charge in [-0.25, -0.2) is 0 Å². The highest BCUT2D eigenvalue weighted by Crippen LogP contribution is 2.39. The summed E-state index contributed by atoms with van der Waals surface area (Å²) < 4.78 is 22.7. The third-order valence-corrected chi connectivity index (χ3v) is 5.00. The average Bonchev–Trinajstić information content (AvgIpc) is 2.70. The van der Waals surface area contributed by atoms with Gasteiger partial charge in [0, 0.05) is 9.81 Å². The lowest BCUT2D eigenvalue weighted by Crippen LogP contribution is -1.99. The van der Waals surface area contributed by atoms with Crippen LogP contribution in [0.2, 0.25) is 0 Å². The average molecular weight is 421 g/mol. The second-order valence-electron chi connectivity index (χ2n) is 5.75. The zero-order valence-electron chi connectivity index (χ0n) is 16.8. The predicted octanol–water partition coefficient (Wildman–Crippen LogP) is 5.97. The Morgan fingerprint density at radius 3 is 1.21 bits per heavy atom. The molecule has 0 spiro atoms. The van der Waals surface area contributed by atoms with Gasteiger partial charge < -0.3 is 18.9 Å². The Morgan fingerprint density at radius 2 is 0.893 bits per heavy atom. The van der Waals surface area contributed by atoms with Crippen LogP contribution in [0.5, 0.6) is 23.0 Å². The number of thiol groups is 2. The second kappa shape index (κ2) is 11.2. The summed E-state index contributed by atoms with van der Waals surface area (Å²) in [5.41, 5.74) is 1.79. The summed E-state index contributed by atoms with van der Waals surface area (Å²) in [6.07, 6.45) is 0. The van der Waals surface area contributed by atoms with Crippen LogP contribution in [0.15, 0.2) is 36.4 Å². The number of rotatable bonds is 10. The SMILES string of the molecule is CCOc1ccc(/C(S)=C(\S)c2ccc(OCC)c(OCC)c2)cc1OCC. The molecule has 0 unspecified atom stereocenters. The molecule has 0 saturated heterocycles. The van der Waals surface area contributed by atoms with Gasteiger partial charge in [0.2, 0.25) is 0 Å². The molecule has 2 aromatic carbocycles. The minimum absolute atomic E-state index is 0.555. The molecule has 0 radical (unpaired) electrons. The van der Waals surface area contributed by atoms with Crippen LogP contribution in [-0.2, 0) is 0 Å². The highest BCUT2D eigenvalue weighted by Gasteiger charge is 2.13. The van der Waals surface area contributed by atoms with Crippen molar-refractivity contribution in [3.8, 4) is 23.0 Å². The fourth-order valence-corrected chi connectivity index (χ4v) is 3.21. The quantitative estimate of drug-likeness (QED) is 0.367. The summed E-state index contributed by atoms with van der Waals surface area (Å²) >= 11 is 9.43. The highest BCUT2D eigenvalue weighted by atomic mass is 32.1. The van der Waals surface area contributed by atoms with Crippen molar-refractivity contribution >= 4 is 35.1 Å². The second-order valence-corrected chi connectivity index (χ2v) is 6.65. The summed E-state index contributed by atoms with van der Waals surface area (Å²) in [4.78, 5) is 1.47. The van der Waals surface area contributed by atoms with Crippen LogP contribution < -0.4 is 18.9 Å². The molecular weight excluding hydrogens is 392 g/mol. The summed E-state index contributed by atoms with van der Waals surface area (Å²) in [6.45, 7) is 10.0. The van der Waals surface area contributed by atoms with Crippen LogP contribution >= 0.6 is 25.3 Å². The van der Waals surface area contributed by atoms with Crippen molar-refractivity contribution < 1.29 is 18.9 Å². The summed E-state index contributed by atoms with van der Waals surface area (Å²) in [5.74, 6) is 2.82. The molecule has 0 N–H and O–H groups in total. The Hall–Kier alpha value is -1.92. The first-order valence-corrected chi connectivity index (χ1v) is 10.4. The number of ether oxygens (including phenoxy) is 4. The molecule has 152 valence electrons. The molecule has 0 aliphatic heterocycles. The van der Waals surface area contributed by atoms with Crippen LogP contribution in [0.3, 0.4) is 0 Å². The minimum Gasteiger partial charge on any atom is -0.490 e. The van der Waals surface area contributed by atoms with Gasteiger partial charge >= 0.3 is 0 Å². The molecule has 0 aromatic heterocycles. The molecule has 2 rings (SSSR count). The third-order valence-electron chi connectivity index (χ3n) is 3.86. The molecule has 0 heterocycles. The molecule has 4 nitrogen and oxygen atoms in total. The van der Waals surface area contributed by atoms with Crippen molar-refractivity contribution in [3.63, 3.8) is 0 Å². The van der Waals surface area contributed by atoms with Crippen LogP contribution in [0.4, 0.5) is 0 Å². The maximum atomic E-state index is 5.72. The van der Waals surface area contributed by atoms with E-state index < -0.39 is 0 Å². The van der Waals surface area contributed by atoms with E-state index >= 15 is 0 Å². The van der Waals surface area contributed by atoms with E-state index in [9.17, 15) is 0 Å². The first kappa shape index (κ1) is 22.4. The molecular formula is C22H28O4S2. The highest BCUT2D eigenvalue weighted by molar-refractivity contribution is 7.96. The normalized spacial score (nSPS) is 11.6. The number of hydrogen-bond donors (Lipinski definition) is 2. The molecule has 28 heavy (non-hydrogen) atoms. The zero-order chi connectivity index (χ0) is 20.5. The van der Waals surface area contributed by atoms with Crippen molar-refractivity contribution in [1.82, 2.24) is 0 Å². The van der Waals surface area contributed by atoms with Gasteiger partial charge in [-0.05, 0) is 75.2 Å². The van der Waals surface area contributed by atoms with Crippen LogP contribution in [0.25, 0.3) is 9.81 Å². The Morgan fingerprint density at radius 1 is 0.571 bits per heavy atom. The van der Waals surface area contributed by atoms with E-state index in [1.807, 2.05) is 64.1 Å². The van der Waals surface area contributed by atoms with E-state index in [2.05, 4.69) is 0 Å². The Kier molecular flexibility index (Phi) is 8.93. The molecule has 0 atom stereocenters. The summed E-state index contributed by atoms with van der Waals surface area (Å²) in [7, 11) is 0. The molecule has 0 amide bonds. The molecule has 0 aliphatic rings. The fourth-order valence-electron chi connectivity index (χ4n) is 2.67. The van der Waals surface area contributed by atoms with E-state index in [0.29, 0.717) is 37.9 Å². The maximum Gasteiger partial charge on any atom is 0.161 e. The van der Waals surface area contributed by atoms with E-state index in [1.165, 1.54) is 0 Å². The van der Waals surface area contributed by atoms with Gasteiger partial charge in [0.25, 0.3) is 0 Å². The fraction of sp³-hybridized carbons (Fsp3) is 0.364. The zero-order valence-corrected chi connectivity index (χ0v) is 18.6. The number of benzene rings is 2. The summed E-state index contributed by atoms with van der Waals surface area (Å²) in [6, 6.07) is 11.5. The van der Waals surface area contributed by atoms with Crippen LogP contribution in [-0.4, -0.2) is 26.4 Å². The third kappa shape index (κ3) is 5.55. The smallest absolute Gasteiger partial charge is 0.161 e. The van der Waals surface area contributed by atoms with Gasteiger partial charge in [-0.2, -0.15) is 0 Å². The lowest BCUT2D eigenvalue weighted by Gasteiger charge is -2.15. The van der Waals surface area contributed by atoms with Crippen LogP contribution in [0, 0.1) is 0 Å². The van der Waals surface area contributed by atoms with Crippen molar-refractivity contribution in [3.05, 3.63) is 47.5 Å². The molecule has 6 heteroatoms. The van der Waals surface area contributed by atoms with Crippen molar-refractivity contribution in [2.45, 2.75) is 27.7 Å². The molecule has 0 fully saturated rings. The number of hydrogen-bond acceptors (Lipinski definition) is 6. The van der Waals surface area contributed by atoms with Gasteiger partial charge in [0.15, 0.2) is 23.0 Å². The van der Waals surface area contributed by atoms with Crippen LogP contribution in [0.1, 0.15) is 38.8 Å². The van der Waals surface area contributed by atoms with E-state index in [1.54, 1.807) is 0 Å². The van der Waals surface area contributed by atoms with Gasteiger partial charge in [0.1, 0.15) is 0 Å². The van der Waals surface area contributed by atoms with E-state index in [-0.39, 0.29) is 0 Å². The Balaban J connectivity index is 2.43. The topological polar surface area (TPSA) is 36.9 Å². The lowest BCUT2D eigenvalue weighted by atomic mass is 10.1. The van der Waals surface area contributed by atoms with Gasteiger partial charge in [-0.3, -0.25) is 0 Å². The van der Waals surface area contributed by atoms with Gasteiger partial charge in [-0.15, -0.1) is 25.3 Å². The van der Waals surface area contributed by atoms with Crippen molar-refractivity contribution in [2.75, 3.05) is 26.4 Å². The predicted molar refractivity (Wildman–Crippen MR) is 122 cm³/mol. The van der Waals surface area contributed by atoms with Gasteiger partial charge in [-0.1, -0.05) is 0 Å². The first-order chi connectivity index (χ1) is 13.5.